The molecule has 0 amide bonds. The number of piperidine rings is 1. The van der Waals surface area contributed by atoms with Crippen LogP contribution in [0.2, 0.25) is 0 Å². The topological polar surface area (TPSA) is 31.9 Å². The lowest BCUT2D eigenvalue weighted by atomic mass is 9.76. The SMILES string of the molecule is CC(C)C1(N2CCC(c3nc4ccccc4[nH]3)CC2)CCCCCC1. The zero-order chi connectivity index (χ0) is 17.3. The minimum absolute atomic E-state index is 0.454. The molecule has 3 heteroatoms. The van der Waals surface area contributed by atoms with E-state index in [0.717, 1.165) is 11.4 Å². The highest BCUT2D eigenvalue weighted by molar-refractivity contribution is 5.74. The van der Waals surface area contributed by atoms with Gasteiger partial charge in [-0.3, -0.25) is 4.90 Å². The minimum atomic E-state index is 0.454. The Morgan fingerprint density at radius 2 is 1.72 bits per heavy atom. The van der Waals surface area contributed by atoms with Crippen molar-refractivity contribution >= 4 is 11.0 Å². The Kier molecular flexibility index (Phi) is 4.86. The van der Waals surface area contributed by atoms with Crippen LogP contribution in [0.25, 0.3) is 11.0 Å². The molecule has 4 rings (SSSR count). The summed E-state index contributed by atoms with van der Waals surface area (Å²) in [5.41, 5.74) is 2.75. The van der Waals surface area contributed by atoms with Gasteiger partial charge >= 0.3 is 0 Å². The van der Waals surface area contributed by atoms with Crippen molar-refractivity contribution in [3.05, 3.63) is 30.1 Å². The number of para-hydroxylation sites is 2. The lowest BCUT2D eigenvalue weighted by Gasteiger charge is -2.50. The molecule has 1 saturated carbocycles. The predicted molar refractivity (Wildman–Crippen MR) is 105 cm³/mol. The molecule has 0 spiro atoms. The smallest absolute Gasteiger partial charge is 0.110 e. The second-order valence-electron chi connectivity index (χ2n) is 8.57. The molecule has 3 nitrogen and oxygen atoms in total. The third-order valence-corrected chi connectivity index (χ3v) is 6.96. The van der Waals surface area contributed by atoms with E-state index in [1.54, 1.807) is 0 Å². The van der Waals surface area contributed by atoms with Crippen LogP contribution in [-0.2, 0) is 0 Å². The van der Waals surface area contributed by atoms with E-state index in [2.05, 4.69) is 48.0 Å². The monoisotopic (exact) mass is 339 g/mol. The minimum Gasteiger partial charge on any atom is -0.342 e. The molecule has 0 unspecified atom stereocenters. The summed E-state index contributed by atoms with van der Waals surface area (Å²) < 4.78 is 0. The molecule has 2 fully saturated rings. The number of likely N-dealkylation sites (tertiary alicyclic amines) is 1. The summed E-state index contributed by atoms with van der Waals surface area (Å²) in [6, 6.07) is 8.42. The standard InChI is InChI=1S/C22H33N3/c1-17(2)22(13-7-3-4-8-14-22)25-15-11-18(12-16-25)21-23-19-9-5-6-10-20(19)24-21/h5-6,9-10,17-18H,3-4,7-8,11-16H2,1-2H3,(H,23,24). The number of H-pyrrole nitrogens is 1. The van der Waals surface area contributed by atoms with Gasteiger partial charge in [0.15, 0.2) is 0 Å². The fourth-order valence-corrected chi connectivity index (χ4v) is 5.36. The number of hydrogen-bond donors (Lipinski definition) is 1. The first-order chi connectivity index (χ1) is 12.2. The summed E-state index contributed by atoms with van der Waals surface area (Å²) in [6.07, 6.45) is 11.0. The van der Waals surface area contributed by atoms with Gasteiger partial charge in [-0.15, -0.1) is 0 Å². The molecule has 136 valence electrons. The molecule has 2 heterocycles. The number of benzene rings is 1. The summed E-state index contributed by atoms with van der Waals surface area (Å²) in [7, 11) is 0. The quantitative estimate of drug-likeness (QED) is 0.750. The molecule has 1 aliphatic heterocycles. The fraction of sp³-hybridized carbons (Fsp3) is 0.682. The summed E-state index contributed by atoms with van der Waals surface area (Å²) in [5, 5.41) is 0. The fourth-order valence-electron chi connectivity index (χ4n) is 5.36. The maximum atomic E-state index is 4.87. The third kappa shape index (κ3) is 3.23. The van der Waals surface area contributed by atoms with Crippen molar-refractivity contribution in [3.63, 3.8) is 0 Å². The molecule has 0 radical (unpaired) electrons. The Balaban J connectivity index is 1.48. The number of fused-ring (bicyclic) bond motifs is 1. The number of aromatic amines is 1. The first kappa shape index (κ1) is 17.1. The number of hydrogen-bond acceptors (Lipinski definition) is 2. The second kappa shape index (κ2) is 7.11. The Labute approximate surface area is 152 Å². The summed E-state index contributed by atoms with van der Waals surface area (Å²) in [4.78, 5) is 11.3. The molecule has 1 aromatic heterocycles. The number of nitrogens with one attached hydrogen (secondary N) is 1. The first-order valence-electron chi connectivity index (χ1n) is 10.4. The van der Waals surface area contributed by atoms with Gasteiger partial charge in [-0.2, -0.15) is 0 Å². The van der Waals surface area contributed by atoms with E-state index >= 15 is 0 Å². The van der Waals surface area contributed by atoms with Gasteiger partial charge in [-0.1, -0.05) is 51.7 Å². The van der Waals surface area contributed by atoms with E-state index in [-0.39, 0.29) is 0 Å². The van der Waals surface area contributed by atoms with Gasteiger partial charge in [0.1, 0.15) is 5.82 Å². The van der Waals surface area contributed by atoms with E-state index in [4.69, 9.17) is 4.98 Å². The van der Waals surface area contributed by atoms with Gasteiger partial charge in [-0.05, 0) is 56.8 Å². The van der Waals surface area contributed by atoms with E-state index in [1.807, 2.05) is 0 Å². The van der Waals surface area contributed by atoms with Crippen LogP contribution < -0.4 is 0 Å². The van der Waals surface area contributed by atoms with E-state index < -0.39 is 0 Å². The molecule has 1 saturated heterocycles. The molecule has 1 N–H and O–H groups in total. The average Bonchev–Trinajstić information content (AvgIpc) is 2.90. The van der Waals surface area contributed by atoms with Crippen molar-refractivity contribution in [2.24, 2.45) is 5.92 Å². The van der Waals surface area contributed by atoms with Gasteiger partial charge in [0, 0.05) is 11.5 Å². The lowest BCUT2D eigenvalue weighted by molar-refractivity contribution is 0.00942. The van der Waals surface area contributed by atoms with Crippen molar-refractivity contribution in [1.29, 1.82) is 0 Å². The van der Waals surface area contributed by atoms with E-state index in [0.29, 0.717) is 11.5 Å². The maximum Gasteiger partial charge on any atom is 0.110 e. The number of rotatable bonds is 3. The van der Waals surface area contributed by atoms with E-state index in [1.165, 1.54) is 75.8 Å². The first-order valence-corrected chi connectivity index (χ1v) is 10.4. The average molecular weight is 340 g/mol. The van der Waals surface area contributed by atoms with Crippen LogP contribution in [-0.4, -0.2) is 33.5 Å². The van der Waals surface area contributed by atoms with Gasteiger partial charge in [0.25, 0.3) is 0 Å². The largest absolute Gasteiger partial charge is 0.342 e. The van der Waals surface area contributed by atoms with Crippen LogP contribution in [0.4, 0.5) is 0 Å². The number of nitrogens with zero attached hydrogens (tertiary/aromatic N) is 2. The van der Waals surface area contributed by atoms with Crippen LogP contribution in [0.5, 0.6) is 0 Å². The molecule has 1 aliphatic carbocycles. The van der Waals surface area contributed by atoms with Gasteiger partial charge in [0.05, 0.1) is 11.0 Å². The van der Waals surface area contributed by atoms with Crippen LogP contribution >= 0.6 is 0 Å². The lowest BCUT2D eigenvalue weighted by Crippen LogP contribution is -2.54. The molecule has 0 bridgehead atoms. The van der Waals surface area contributed by atoms with Gasteiger partial charge < -0.3 is 4.98 Å². The highest BCUT2D eigenvalue weighted by Crippen LogP contribution is 2.41. The van der Waals surface area contributed by atoms with Gasteiger partial charge in [-0.25, -0.2) is 4.98 Å². The zero-order valence-corrected chi connectivity index (χ0v) is 15.9. The number of aromatic nitrogens is 2. The summed E-state index contributed by atoms with van der Waals surface area (Å²) in [6.45, 7) is 7.38. The molecular formula is C22H33N3. The normalized spacial score (nSPS) is 23.2. The van der Waals surface area contributed by atoms with Gasteiger partial charge in [0.2, 0.25) is 0 Å². The molecule has 2 aliphatic rings. The Bertz CT molecular complexity index is 653. The number of imidazole rings is 1. The third-order valence-electron chi connectivity index (χ3n) is 6.96. The zero-order valence-electron chi connectivity index (χ0n) is 15.9. The molecular weight excluding hydrogens is 306 g/mol. The van der Waals surface area contributed by atoms with Crippen molar-refractivity contribution in [2.75, 3.05) is 13.1 Å². The highest BCUT2D eigenvalue weighted by atomic mass is 15.2. The molecule has 25 heavy (non-hydrogen) atoms. The van der Waals surface area contributed by atoms with E-state index in [9.17, 15) is 0 Å². The molecule has 2 aromatic rings. The maximum absolute atomic E-state index is 4.87. The Morgan fingerprint density at radius 3 is 2.36 bits per heavy atom. The van der Waals surface area contributed by atoms with Crippen LogP contribution in [0, 0.1) is 5.92 Å². The highest BCUT2D eigenvalue weighted by Gasteiger charge is 2.41. The van der Waals surface area contributed by atoms with Crippen LogP contribution in [0.1, 0.15) is 77.0 Å². The summed E-state index contributed by atoms with van der Waals surface area (Å²) in [5.74, 6) is 2.56. The van der Waals surface area contributed by atoms with Crippen LogP contribution in [0.15, 0.2) is 24.3 Å². The van der Waals surface area contributed by atoms with Crippen molar-refractivity contribution < 1.29 is 0 Å². The molecule has 0 atom stereocenters. The Morgan fingerprint density at radius 1 is 1.04 bits per heavy atom. The summed E-state index contributed by atoms with van der Waals surface area (Å²) >= 11 is 0. The van der Waals surface area contributed by atoms with Crippen molar-refractivity contribution in [3.8, 4) is 0 Å². The van der Waals surface area contributed by atoms with Crippen molar-refractivity contribution in [2.45, 2.75) is 76.7 Å². The Hall–Kier alpha value is -1.35. The van der Waals surface area contributed by atoms with Crippen molar-refractivity contribution in [1.82, 2.24) is 14.9 Å². The predicted octanol–water partition coefficient (Wildman–Crippen LogP) is 5.49. The van der Waals surface area contributed by atoms with Crippen LogP contribution in [0.3, 0.4) is 0 Å². The molecule has 1 aromatic carbocycles. The second-order valence-corrected chi connectivity index (χ2v) is 8.57.